The molecule has 1 aliphatic carbocycles. The van der Waals surface area contributed by atoms with E-state index in [0.29, 0.717) is 18.3 Å². The lowest BCUT2D eigenvalue weighted by atomic mass is 9.85. The zero-order valence-electron chi connectivity index (χ0n) is 15.0. The van der Waals surface area contributed by atoms with Crippen LogP contribution >= 0.6 is 0 Å². The lowest BCUT2D eigenvalue weighted by Crippen LogP contribution is -2.47. The summed E-state index contributed by atoms with van der Waals surface area (Å²) in [5, 5.41) is 2.96. The summed E-state index contributed by atoms with van der Waals surface area (Å²) in [6.45, 7) is 5.31. The van der Waals surface area contributed by atoms with E-state index >= 15 is 0 Å². The Kier molecular flexibility index (Phi) is 5.64. The number of nitrogens with zero attached hydrogens (tertiary/aromatic N) is 3. The molecule has 1 heterocycles. The van der Waals surface area contributed by atoms with Crippen molar-refractivity contribution in [2.24, 2.45) is 5.92 Å². The molecule has 25 heavy (non-hydrogen) atoms. The van der Waals surface area contributed by atoms with Gasteiger partial charge >= 0.3 is 6.03 Å². The van der Waals surface area contributed by atoms with Crippen molar-refractivity contribution < 1.29 is 4.79 Å². The number of carbonyl (C=O) groups is 1. The fourth-order valence-corrected chi connectivity index (χ4v) is 2.96. The van der Waals surface area contributed by atoms with Crippen molar-refractivity contribution in [3.63, 3.8) is 0 Å². The Morgan fingerprint density at radius 1 is 1.16 bits per heavy atom. The second-order valence-electron chi connectivity index (χ2n) is 6.96. The molecule has 2 aromatic rings. The van der Waals surface area contributed by atoms with E-state index in [0.717, 1.165) is 17.7 Å². The third-order valence-electron chi connectivity index (χ3n) is 4.77. The number of amides is 2. The van der Waals surface area contributed by atoms with Crippen LogP contribution in [-0.4, -0.2) is 33.5 Å². The molecule has 1 aromatic carbocycles. The molecule has 0 spiro atoms. The van der Waals surface area contributed by atoms with Crippen molar-refractivity contribution in [2.75, 3.05) is 6.54 Å². The van der Waals surface area contributed by atoms with Crippen LogP contribution < -0.4 is 5.32 Å². The SMILES string of the molecule is CC(C)N(CC1CCC1)C(=O)NCc1ncc(-c2ccccc2)cn1. The van der Waals surface area contributed by atoms with E-state index in [2.05, 4.69) is 29.1 Å². The lowest BCUT2D eigenvalue weighted by molar-refractivity contribution is 0.150. The van der Waals surface area contributed by atoms with Crippen molar-refractivity contribution in [2.45, 2.75) is 45.7 Å². The fourth-order valence-electron chi connectivity index (χ4n) is 2.96. The highest BCUT2D eigenvalue weighted by Crippen LogP contribution is 2.27. The zero-order chi connectivity index (χ0) is 17.6. The molecule has 3 rings (SSSR count). The van der Waals surface area contributed by atoms with Crippen molar-refractivity contribution in [1.29, 1.82) is 0 Å². The normalized spacial score (nSPS) is 14.2. The first-order valence-corrected chi connectivity index (χ1v) is 9.04. The third kappa shape index (κ3) is 4.56. The van der Waals surface area contributed by atoms with Gasteiger partial charge in [-0.15, -0.1) is 0 Å². The first-order valence-electron chi connectivity index (χ1n) is 9.04. The summed E-state index contributed by atoms with van der Waals surface area (Å²) >= 11 is 0. The van der Waals surface area contributed by atoms with Gasteiger partial charge in [-0.3, -0.25) is 0 Å². The number of rotatable bonds is 6. The molecule has 5 nitrogen and oxygen atoms in total. The molecular formula is C20H26N4O. The lowest BCUT2D eigenvalue weighted by Gasteiger charge is -2.34. The maximum atomic E-state index is 12.5. The van der Waals surface area contributed by atoms with Crippen molar-refractivity contribution in [1.82, 2.24) is 20.2 Å². The Morgan fingerprint density at radius 2 is 1.84 bits per heavy atom. The summed E-state index contributed by atoms with van der Waals surface area (Å²) in [4.78, 5) is 23.2. The van der Waals surface area contributed by atoms with Crippen LogP contribution in [0.25, 0.3) is 11.1 Å². The molecule has 1 aliphatic rings. The van der Waals surface area contributed by atoms with E-state index in [-0.39, 0.29) is 12.1 Å². The van der Waals surface area contributed by atoms with Crippen LogP contribution in [0.5, 0.6) is 0 Å². The van der Waals surface area contributed by atoms with Gasteiger partial charge in [0.2, 0.25) is 0 Å². The Bertz CT molecular complexity index is 681. The van der Waals surface area contributed by atoms with Crippen LogP contribution in [0, 0.1) is 5.92 Å². The summed E-state index contributed by atoms with van der Waals surface area (Å²) < 4.78 is 0. The van der Waals surface area contributed by atoms with E-state index < -0.39 is 0 Å². The molecule has 1 N–H and O–H groups in total. The van der Waals surface area contributed by atoms with Gasteiger partial charge in [0.05, 0.1) is 6.54 Å². The van der Waals surface area contributed by atoms with E-state index in [1.54, 1.807) is 12.4 Å². The molecule has 0 atom stereocenters. The minimum atomic E-state index is -0.0300. The maximum absolute atomic E-state index is 12.5. The molecule has 0 radical (unpaired) electrons. The molecule has 1 saturated carbocycles. The quantitative estimate of drug-likeness (QED) is 0.870. The number of hydrogen-bond donors (Lipinski definition) is 1. The van der Waals surface area contributed by atoms with Gasteiger partial charge in [0.25, 0.3) is 0 Å². The van der Waals surface area contributed by atoms with E-state index in [4.69, 9.17) is 0 Å². The Balaban J connectivity index is 1.55. The largest absolute Gasteiger partial charge is 0.331 e. The molecular weight excluding hydrogens is 312 g/mol. The second kappa shape index (κ2) is 8.10. The molecule has 0 bridgehead atoms. The predicted molar refractivity (Wildman–Crippen MR) is 98.9 cm³/mol. The smallest absolute Gasteiger partial charge is 0.318 e. The summed E-state index contributed by atoms with van der Waals surface area (Å²) in [6, 6.07) is 10.2. The second-order valence-corrected chi connectivity index (χ2v) is 6.96. The number of hydrogen-bond acceptors (Lipinski definition) is 3. The van der Waals surface area contributed by atoms with Gasteiger partial charge < -0.3 is 10.2 Å². The van der Waals surface area contributed by atoms with Gasteiger partial charge in [-0.25, -0.2) is 14.8 Å². The van der Waals surface area contributed by atoms with Crippen LogP contribution in [0.1, 0.15) is 38.9 Å². The summed E-state index contributed by atoms with van der Waals surface area (Å²) in [5.41, 5.74) is 2.06. The highest BCUT2D eigenvalue weighted by atomic mass is 16.2. The van der Waals surface area contributed by atoms with Crippen LogP contribution in [0.3, 0.4) is 0 Å². The monoisotopic (exact) mass is 338 g/mol. The van der Waals surface area contributed by atoms with Gasteiger partial charge in [0.15, 0.2) is 0 Å². The van der Waals surface area contributed by atoms with Crippen molar-refractivity contribution in [3.05, 3.63) is 48.5 Å². The van der Waals surface area contributed by atoms with Crippen LogP contribution in [-0.2, 0) is 6.54 Å². The average Bonchev–Trinajstić information content (AvgIpc) is 2.59. The van der Waals surface area contributed by atoms with Gasteiger partial charge in [-0.2, -0.15) is 0 Å². The first kappa shape index (κ1) is 17.4. The van der Waals surface area contributed by atoms with E-state index in [1.807, 2.05) is 35.2 Å². The minimum absolute atomic E-state index is 0.0300. The van der Waals surface area contributed by atoms with Gasteiger partial charge in [-0.05, 0) is 38.2 Å². The number of aromatic nitrogens is 2. The molecule has 1 aromatic heterocycles. The molecule has 0 unspecified atom stereocenters. The maximum Gasteiger partial charge on any atom is 0.318 e. The van der Waals surface area contributed by atoms with Gasteiger partial charge in [0, 0.05) is 30.5 Å². The highest BCUT2D eigenvalue weighted by molar-refractivity contribution is 5.74. The van der Waals surface area contributed by atoms with Crippen LogP contribution in [0.15, 0.2) is 42.7 Å². The van der Waals surface area contributed by atoms with Gasteiger partial charge in [0.1, 0.15) is 5.82 Å². The molecule has 2 amide bonds. The number of urea groups is 1. The zero-order valence-corrected chi connectivity index (χ0v) is 15.0. The van der Waals surface area contributed by atoms with E-state index in [1.165, 1.54) is 19.3 Å². The topological polar surface area (TPSA) is 58.1 Å². The average molecular weight is 338 g/mol. The third-order valence-corrected chi connectivity index (χ3v) is 4.77. The molecule has 1 fully saturated rings. The first-order chi connectivity index (χ1) is 12.1. The van der Waals surface area contributed by atoms with E-state index in [9.17, 15) is 4.79 Å². The van der Waals surface area contributed by atoms with Crippen LogP contribution in [0.4, 0.5) is 4.79 Å². The van der Waals surface area contributed by atoms with Crippen LogP contribution in [0.2, 0.25) is 0 Å². The van der Waals surface area contributed by atoms with Crippen molar-refractivity contribution >= 4 is 6.03 Å². The fraction of sp³-hybridized carbons (Fsp3) is 0.450. The Labute approximate surface area is 149 Å². The summed E-state index contributed by atoms with van der Waals surface area (Å²) in [5.74, 6) is 1.29. The molecule has 0 aliphatic heterocycles. The summed E-state index contributed by atoms with van der Waals surface area (Å²) in [7, 11) is 0. The number of nitrogens with one attached hydrogen (secondary N) is 1. The Morgan fingerprint density at radius 3 is 2.40 bits per heavy atom. The predicted octanol–water partition coefficient (Wildman–Crippen LogP) is 3.86. The molecule has 5 heteroatoms. The Hall–Kier alpha value is -2.43. The van der Waals surface area contributed by atoms with Crippen molar-refractivity contribution in [3.8, 4) is 11.1 Å². The highest BCUT2D eigenvalue weighted by Gasteiger charge is 2.25. The number of benzene rings is 1. The standard InChI is InChI=1S/C20H26N4O/c1-15(2)24(14-16-7-6-8-16)20(25)23-13-19-21-11-18(12-22-19)17-9-4-3-5-10-17/h3-5,9-12,15-16H,6-8,13-14H2,1-2H3,(H,23,25). The number of carbonyl (C=O) groups excluding carboxylic acids is 1. The summed E-state index contributed by atoms with van der Waals surface area (Å²) in [6.07, 6.45) is 7.37. The molecule has 0 saturated heterocycles. The minimum Gasteiger partial charge on any atom is -0.331 e. The molecule has 132 valence electrons. The van der Waals surface area contributed by atoms with Gasteiger partial charge in [-0.1, -0.05) is 36.8 Å².